The van der Waals surface area contributed by atoms with Crippen LogP contribution >= 0.6 is 0 Å². The van der Waals surface area contributed by atoms with Gasteiger partial charge in [0, 0.05) is 5.69 Å². The average molecular weight is 266 g/mol. The summed E-state index contributed by atoms with van der Waals surface area (Å²) in [6.45, 7) is 0. The molecule has 1 saturated carbocycles. The molecule has 1 aromatic carbocycles. The van der Waals surface area contributed by atoms with Crippen LogP contribution in [0.2, 0.25) is 0 Å². The van der Waals surface area contributed by atoms with Gasteiger partial charge >= 0.3 is 0 Å². The summed E-state index contributed by atoms with van der Waals surface area (Å²) in [5.74, 6) is -0.289. The molecule has 0 unspecified atom stereocenters. The van der Waals surface area contributed by atoms with Gasteiger partial charge in [-0.25, -0.2) is 8.42 Å². The van der Waals surface area contributed by atoms with Crippen LogP contribution in [-0.4, -0.2) is 20.1 Å². The molecular formula is C12H14N2O3S. The predicted molar refractivity (Wildman–Crippen MR) is 67.8 cm³/mol. The van der Waals surface area contributed by atoms with Gasteiger partial charge in [-0.1, -0.05) is 6.42 Å². The highest BCUT2D eigenvalue weighted by Gasteiger charge is 2.49. The molecule has 1 heterocycles. The lowest BCUT2D eigenvalue weighted by molar-refractivity contribution is -0.128. The number of nitrogens with two attached hydrogens (primary N) is 1. The topological polar surface area (TPSA) is 89.3 Å². The predicted octanol–water partition coefficient (Wildman–Crippen LogP) is 1.16. The molecule has 1 aliphatic carbocycles. The maximum absolute atomic E-state index is 12.4. The third-order valence-corrected chi connectivity index (χ3v) is 5.79. The molecule has 1 fully saturated rings. The largest absolute Gasteiger partial charge is 0.399 e. The van der Waals surface area contributed by atoms with Crippen LogP contribution in [0.25, 0.3) is 0 Å². The number of fused-ring (bicyclic) bond motifs is 1. The molecule has 0 radical (unpaired) electrons. The first-order valence-electron chi connectivity index (χ1n) is 5.87. The van der Waals surface area contributed by atoms with Crippen LogP contribution in [0.15, 0.2) is 23.1 Å². The minimum Gasteiger partial charge on any atom is -0.399 e. The van der Waals surface area contributed by atoms with Crippen molar-refractivity contribution in [2.24, 2.45) is 5.41 Å². The van der Waals surface area contributed by atoms with Gasteiger partial charge in [0.25, 0.3) is 0 Å². The number of rotatable bonds is 0. The molecule has 0 saturated heterocycles. The van der Waals surface area contributed by atoms with E-state index in [-0.39, 0.29) is 16.6 Å². The Morgan fingerprint density at radius 2 is 2.00 bits per heavy atom. The van der Waals surface area contributed by atoms with Gasteiger partial charge in [0.1, 0.15) is 0 Å². The Bertz CT molecular complexity index is 633. The van der Waals surface area contributed by atoms with Crippen molar-refractivity contribution in [3.8, 4) is 0 Å². The van der Waals surface area contributed by atoms with Crippen molar-refractivity contribution in [2.45, 2.75) is 24.2 Å². The lowest BCUT2D eigenvalue weighted by atomic mass is 9.69. The molecule has 1 aromatic rings. The van der Waals surface area contributed by atoms with Crippen molar-refractivity contribution in [1.29, 1.82) is 0 Å². The summed E-state index contributed by atoms with van der Waals surface area (Å²) in [4.78, 5) is 12.3. The molecule has 1 spiro atoms. The fourth-order valence-corrected chi connectivity index (χ4v) is 4.71. The fraction of sp³-hybridized carbons (Fsp3) is 0.417. The van der Waals surface area contributed by atoms with Crippen molar-refractivity contribution < 1.29 is 13.2 Å². The molecule has 0 bridgehead atoms. The summed E-state index contributed by atoms with van der Waals surface area (Å²) in [7, 11) is -3.47. The first kappa shape index (κ1) is 11.5. The van der Waals surface area contributed by atoms with Gasteiger partial charge in [-0.05, 0) is 31.0 Å². The summed E-state index contributed by atoms with van der Waals surface area (Å²) >= 11 is 0. The summed E-state index contributed by atoms with van der Waals surface area (Å²) in [6.07, 6.45) is 2.19. The number of hydrogen-bond acceptors (Lipinski definition) is 4. The lowest BCUT2D eigenvalue weighted by Gasteiger charge is -2.38. The second-order valence-corrected chi connectivity index (χ2v) is 7.06. The Balaban J connectivity index is 2.17. The zero-order valence-electron chi connectivity index (χ0n) is 9.77. The van der Waals surface area contributed by atoms with Crippen LogP contribution in [0, 0.1) is 5.41 Å². The first-order valence-corrected chi connectivity index (χ1v) is 7.52. The molecule has 0 atom stereocenters. The van der Waals surface area contributed by atoms with E-state index in [9.17, 15) is 13.2 Å². The van der Waals surface area contributed by atoms with E-state index < -0.39 is 15.3 Å². The number of carbonyl (C=O) groups is 1. The quantitative estimate of drug-likeness (QED) is 0.690. The van der Waals surface area contributed by atoms with E-state index in [1.54, 1.807) is 12.1 Å². The molecule has 0 aromatic heterocycles. The molecule has 6 heteroatoms. The second-order valence-electron chi connectivity index (χ2n) is 5.10. The highest BCUT2D eigenvalue weighted by Crippen LogP contribution is 2.46. The van der Waals surface area contributed by atoms with E-state index in [1.165, 1.54) is 6.07 Å². The van der Waals surface area contributed by atoms with Crippen molar-refractivity contribution >= 4 is 27.1 Å². The molecular weight excluding hydrogens is 252 g/mol. The molecule has 18 heavy (non-hydrogen) atoms. The molecule has 1 aliphatic heterocycles. The number of amides is 1. The van der Waals surface area contributed by atoms with Crippen LogP contribution in [0.5, 0.6) is 0 Å². The number of sulfone groups is 1. The Labute approximate surface area is 105 Å². The Hall–Kier alpha value is -1.56. The van der Waals surface area contributed by atoms with Crippen molar-refractivity contribution in [3.63, 3.8) is 0 Å². The Morgan fingerprint density at radius 1 is 1.28 bits per heavy atom. The van der Waals surface area contributed by atoms with Crippen LogP contribution < -0.4 is 11.1 Å². The van der Waals surface area contributed by atoms with Gasteiger partial charge in [-0.2, -0.15) is 0 Å². The number of nitrogens with one attached hydrogen (secondary N) is 1. The van der Waals surface area contributed by atoms with Crippen molar-refractivity contribution in [1.82, 2.24) is 0 Å². The molecule has 3 rings (SSSR count). The van der Waals surface area contributed by atoms with E-state index in [2.05, 4.69) is 5.32 Å². The molecule has 2 aliphatic rings. The van der Waals surface area contributed by atoms with Gasteiger partial charge in [0.15, 0.2) is 9.84 Å². The monoisotopic (exact) mass is 266 g/mol. The highest BCUT2D eigenvalue weighted by atomic mass is 32.2. The van der Waals surface area contributed by atoms with E-state index in [0.29, 0.717) is 24.2 Å². The Kier molecular flexibility index (Phi) is 2.22. The van der Waals surface area contributed by atoms with Crippen LogP contribution in [-0.2, 0) is 14.6 Å². The highest BCUT2D eigenvalue weighted by molar-refractivity contribution is 7.91. The summed E-state index contributed by atoms with van der Waals surface area (Å²) < 4.78 is 24.7. The van der Waals surface area contributed by atoms with Crippen molar-refractivity contribution in [2.75, 3.05) is 16.8 Å². The van der Waals surface area contributed by atoms with Crippen LogP contribution in [0.3, 0.4) is 0 Å². The van der Waals surface area contributed by atoms with E-state index in [4.69, 9.17) is 5.73 Å². The zero-order valence-corrected chi connectivity index (χ0v) is 10.6. The summed E-state index contributed by atoms with van der Waals surface area (Å²) in [5.41, 5.74) is 5.63. The van der Waals surface area contributed by atoms with Gasteiger partial charge in [0.2, 0.25) is 5.91 Å². The van der Waals surface area contributed by atoms with Crippen LogP contribution in [0.1, 0.15) is 19.3 Å². The van der Waals surface area contributed by atoms with Crippen molar-refractivity contribution in [3.05, 3.63) is 18.2 Å². The third-order valence-electron chi connectivity index (χ3n) is 3.85. The maximum atomic E-state index is 12.4. The average Bonchev–Trinajstić information content (AvgIpc) is 2.33. The number of anilines is 2. The summed E-state index contributed by atoms with van der Waals surface area (Å²) in [5, 5.41) is 2.72. The number of hydrogen-bond donors (Lipinski definition) is 2. The lowest BCUT2D eigenvalue weighted by Crippen LogP contribution is -2.45. The van der Waals surface area contributed by atoms with Gasteiger partial charge in [0.05, 0.1) is 21.8 Å². The van der Waals surface area contributed by atoms with E-state index >= 15 is 0 Å². The standard InChI is InChI=1S/C12H14N2O3S/c13-8-2-3-9-10(6-8)18(16,17)7-12(4-1-5-12)11(15)14-9/h2-3,6H,1,4-5,7,13H2,(H,14,15). The molecule has 3 N–H and O–H groups in total. The van der Waals surface area contributed by atoms with Gasteiger partial charge in [-0.3, -0.25) is 4.79 Å². The zero-order chi connectivity index (χ0) is 13.0. The minimum atomic E-state index is -3.47. The second kappa shape index (κ2) is 3.47. The molecule has 1 amide bonds. The molecule has 96 valence electrons. The van der Waals surface area contributed by atoms with Gasteiger partial charge < -0.3 is 11.1 Å². The SMILES string of the molecule is Nc1ccc2c(c1)S(=O)(=O)CC1(CCC1)C(=O)N2. The Morgan fingerprint density at radius 3 is 2.61 bits per heavy atom. The van der Waals surface area contributed by atoms with E-state index in [1.807, 2.05) is 0 Å². The normalized spacial score (nSPS) is 23.7. The van der Waals surface area contributed by atoms with Crippen LogP contribution in [0.4, 0.5) is 11.4 Å². The fourth-order valence-electron chi connectivity index (χ4n) is 2.64. The number of benzene rings is 1. The number of carbonyl (C=O) groups excluding carboxylic acids is 1. The molecule has 5 nitrogen and oxygen atoms in total. The van der Waals surface area contributed by atoms with E-state index in [0.717, 1.165) is 6.42 Å². The third kappa shape index (κ3) is 1.52. The number of nitrogen functional groups attached to an aromatic ring is 1. The smallest absolute Gasteiger partial charge is 0.231 e. The summed E-state index contributed by atoms with van der Waals surface area (Å²) in [6, 6.07) is 4.56. The first-order chi connectivity index (χ1) is 8.43. The maximum Gasteiger partial charge on any atom is 0.231 e. The minimum absolute atomic E-state index is 0.109. The van der Waals surface area contributed by atoms with Gasteiger partial charge in [-0.15, -0.1) is 0 Å².